The molecule has 1 aliphatic rings. The highest BCUT2D eigenvalue weighted by atomic mass is 32.2. The zero-order valence-corrected chi connectivity index (χ0v) is 15.8. The van der Waals surface area contributed by atoms with Crippen LogP contribution < -0.4 is 4.72 Å². The van der Waals surface area contributed by atoms with Gasteiger partial charge in [-0.05, 0) is 55.4 Å². The highest BCUT2D eigenvalue weighted by Gasteiger charge is 2.20. The maximum Gasteiger partial charge on any atom is 0.323 e. The zero-order valence-electron chi connectivity index (χ0n) is 15.0. The largest absolute Gasteiger partial charge is 0.480 e. The molecule has 8 heteroatoms. The Hall–Kier alpha value is -1.93. The molecule has 0 unspecified atom stereocenters. The van der Waals surface area contributed by atoms with Crippen molar-refractivity contribution >= 4 is 21.9 Å². The van der Waals surface area contributed by atoms with E-state index >= 15 is 0 Å². The molecule has 1 aromatic rings. The van der Waals surface area contributed by atoms with E-state index in [0.29, 0.717) is 13.0 Å². The highest BCUT2D eigenvalue weighted by molar-refractivity contribution is 7.89. The van der Waals surface area contributed by atoms with Gasteiger partial charge in [0.15, 0.2) is 0 Å². The van der Waals surface area contributed by atoms with E-state index in [1.807, 2.05) is 13.0 Å². The second kappa shape index (κ2) is 9.14. The summed E-state index contributed by atoms with van der Waals surface area (Å²) in [6.45, 7) is 1.76. The van der Waals surface area contributed by atoms with Crippen molar-refractivity contribution < 1.29 is 23.1 Å². The lowest BCUT2D eigenvalue weighted by Crippen LogP contribution is -2.38. The Bertz CT molecular complexity index is 761. The molecule has 0 spiro atoms. The molecule has 0 aromatic heterocycles. The highest BCUT2D eigenvalue weighted by Crippen LogP contribution is 2.24. The van der Waals surface area contributed by atoms with Crippen LogP contribution in [0.25, 0.3) is 0 Å². The maximum absolute atomic E-state index is 12.4. The van der Waals surface area contributed by atoms with Gasteiger partial charge >= 0.3 is 5.97 Å². The summed E-state index contributed by atoms with van der Waals surface area (Å²) < 4.78 is 27.3. The molecule has 0 atom stereocenters. The van der Waals surface area contributed by atoms with E-state index in [-0.39, 0.29) is 30.3 Å². The van der Waals surface area contributed by atoms with Crippen LogP contribution in [0.4, 0.5) is 0 Å². The van der Waals surface area contributed by atoms with Gasteiger partial charge in [0.1, 0.15) is 6.54 Å². The van der Waals surface area contributed by atoms with Crippen molar-refractivity contribution in [3.63, 3.8) is 0 Å². The van der Waals surface area contributed by atoms with Crippen molar-refractivity contribution in [1.29, 1.82) is 0 Å². The third-order valence-electron chi connectivity index (χ3n) is 4.43. The number of nitrogens with zero attached hydrogens (tertiary/aromatic N) is 1. The summed E-state index contributed by atoms with van der Waals surface area (Å²) in [6.07, 6.45) is 4.63. The van der Waals surface area contributed by atoms with E-state index in [0.717, 1.165) is 31.2 Å². The Balaban J connectivity index is 1.95. The lowest BCUT2D eigenvalue weighted by Gasteiger charge is -2.20. The van der Waals surface area contributed by atoms with Crippen LogP contribution in [0.15, 0.2) is 23.1 Å². The number of amides is 1. The lowest BCUT2D eigenvalue weighted by atomic mass is 9.92. The Morgan fingerprint density at radius 3 is 2.54 bits per heavy atom. The van der Waals surface area contributed by atoms with Gasteiger partial charge in [0.05, 0.1) is 4.90 Å². The van der Waals surface area contributed by atoms with Crippen LogP contribution in [0.2, 0.25) is 0 Å². The van der Waals surface area contributed by atoms with Crippen molar-refractivity contribution in [1.82, 2.24) is 9.62 Å². The van der Waals surface area contributed by atoms with Crippen molar-refractivity contribution in [3.8, 4) is 0 Å². The van der Waals surface area contributed by atoms with E-state index in [4.69, 9.17) is 5.11 Å². The smallest absolute Gasteiger partial charge is 0.323 e. The van der Waals surface area contributed by atoms with Gasteiger partial charge in [0, 0.05) is 19.5 Å². The van der Waals surface area contributed by atoms with Crippen LogP contribution in [-0.4, -0.2) is 49.9 Å². The Morgan fingerprint density at radius 2 is 1.88 bits per heavy atom. The van der Waals surface area contributed by atoms with Gasteiger partial charge in [0.25, 0.3) is 0 Å². The number of carboxylic acid groups (broad SMARTS) is 1. The average molecular weight is 382 g/mol. The van der Waals surface area contributed by atoms with Crippen molar-refractivity contribution in [2.75, 3.05) is 19.6 Å². The first-order chi connectivity index (χ1) is 12.3. The molecule has 0 fully saturated rings. The van der Waals surface area contributed by atoms with Crippen LogP contribution in [0.3, 0.4) is 0 Å². The third-order valence-corrected chi connectivity index (χ3v) is 5.89. The number of aryl methyl sites for hydroxylation is 2. The number of benzene rings is 1. The molecular formula is C18H26N2O5S. The van der Waals surface area contributed by atoms with Crippen LogP contribution in [0.1, 0.15) is 43.7 Å². The molecule has 1 amide bonds. The molecule has 2 rings (SSSR count). The number of aliphatic carboxylic acids is 1. The van der Waals surface area contributed by atoms with E-state index in [9.17, 15) is 18.0 Å². The minimum absolute atomic E-state index is 0.0575. The van der Waals surface area contributed by atoms with Gasteiger partial charge in [-0.1, -0.05) is 13.0 Å². The molecule has 0 aliphatic heterocycles. The lowest BCUT2D eigenvalue weighted by molar-refractivity contribution is -0.144. The predicted molar refractivity (Wildman–Crippen MR) is 97.4 cm³/mol. The predicted octanol–water partition coefficient (Wildman–Crippen LogP) is 1.56. The number of nitrogens with one attached hydrogen (secondary N) is 1. The summed E-state index contributed by atoms with van der Waals surface area (Å²) >= 11 is 0. The molecule has 0 bridgehead atoms. The van der Waals surface area contributed by atoms with Gasteiger partial charge in [-0.3, -0.25) is 9.59 Å². The van der Waals surface area contributed by atoms with Gasteiger partial charge in [-0.25, -0.2) is 13.1 Å². The molecule has 1 aliphatic carbocycles. The van der Waals surface area contributed by atoms with Crippen molar-refractivity contribution in [3.05, 3.63) is 29.3 Å². The van der Waals surface area contributed by atoms with Crippen molar-refractivity contribution in [2.45, 2.75) is 50.3 Å². The first-order valence-corrected chi connectivity index (χ1v) is 10.4. The maximum atomic E-state index is 12.4. The average Bonchev–Trinajstić information content (AvgIpc) is 2.60. The van der Waals surface area contributed by atoms with E-state index < -0.39 is 16.0 Å². The molecule has 0 radical (unpaired) electrons. The van der Waals surface area contributed by atoms with Gasteiger partial charge in [0.2, 0.25) is 15.9 Å². The molecule has 0 heterocycles. The second-order valence-corrected chi connectivity index (χ2v) is 8.26. The van der Waals surface area contributed by atoms with Gasteiger partial charge in [-0.15, -0.1) is 0 Å². The SMILES string of the molecule is CCCN(CC(=O)O)C(=O)CCNS(=O)(=O)c1ccc2c(c1)CCCC2. The fraction of sp³-hybridized carbons (Fsp3) is 0.556. The number of hydrogen-bond acceptors (Lipinski definition) is 4. The molecule has 7 nitrogen and oxygen atoms in total. The quantitative estimate of drug-likeness (QED) is 0.674. The summed E-state index contributed by atoms with van der Waals surface area (Å²) in [5, 5.41) is 8.85. The van der Waals surface area contributed by atoms with E-state index in [1.54, 1.807) is 12.1 Å². The molecule has 26 heavy (non-hydrogen) atoms. The summed E-state index contributed by atoms with van der Waals surface area (Å²) in [4.78, 5) is 24.4. The zero-order chi connectivity index (χ0) is 19.2. The fourth-order valence-electron chi connectivity index (χ4n) is 3.14. The molecule has 1 aromatic carbocycles. The topological polar surface area (TPSA) is 104 Å². The monoisotopic (exact) mass is 382 g/mol. The number of carbonyl (C=O) groups is 2. The first-order valence-electron chi connectivity index (χ1n) is 8.94. The summed E-state index contributed by atoms with van der Waals surface area (Å²) in [6, 6.07) is 5.18. The first kappa shape index (κ1) is 20.4. The van der Waals surface area contributed by atoms with Crippen LogP contribution in [0, 0.1) is 0 Å². The minimum Gasteiger partial charge on any atom is -0.480 e. The van der Waals surface area contributed by atoms with Crippen molar-refractivity contribution in [2.24, 2.45) is 0 Å². The Labute approximate surface area is 154 Å². The van der Waals surface area contributed by atoms with Gasteiger partial charge in [-0.2, -0.15) is 0 Å². The molecular weight excluding hydrogens is 356 g/mol. The minimum atomic E-state index is -3.69. The Kier molecular flexibility index (Phi) is 7.16. The third kappa shape index (κ3) is 5.54. The number of carbonyl (C=O) groups excluding carboxylic acids is 1. The second-order valence-electron chi connectivity index (χ2n) is 6.49. The number of hydrogen-bond donors (Lipinski definition) is 2. The molecule has 2 N–H and O–H groups in total. The van der Waals surface area contributed by atoms with E-state index in [2.05, 4.69) is 4.72 Å². The summed E-state index contributed by atoms with van der Waals surface area (Å²) in [5.74, 6) is -1.45. The molecule has 0 saturated carbocycles. The van der Waals surface area contributed by atoms with Gasteiger partial charge < -0.3 is 10.0 Å². The number of rotatable bonds is 9. The summed E-state index contributed by atoms with van der Waals surface area (Å²) in [7, 11) is -3.69. The standard InChI is InChI=1S/C18H26N2O5S/c1-2-11-20(13-18(22)23)17(21)9-10-19-26(24,25)16-8-7-14-5-3-4-6-15(14)12-16/h7-8,12,19H,2-6,9-11,13H2,1H3,(H,22,23). The number of carboxylic acids is 1. The number of sulfonamides is 1. The van der Waals surface area contributed by atoms with Crippen LogP contribution in [0.5, 0.6) is 0 Å². The van der Waals surface area contributed by atoms with E-state index in [1.165, 1.54) is 10.5 Å². The normalized spacial score (nSPS) is 13.9. The Morgan fingerprint density at radius 1 is 1.19 bits per heavy atom. The summed E-state index contributed by atoms with van der Waals surface area (Å²) in [5.41, 5.74) is 2.28. The van der Waals surface area contributed by atoms with Crippen LogP contribution in [-0.2, 0) is 32.5 Å². The molecule has 0 saturated heterocycles. The van der Waals surface area contributed by atoms with Crippen LogP contribution >= 0.6 is 0 Å². The fourth-order valence-corrected chi connectivity index (χ4v) is 4.22. The number of fused-ring (bicyclic) bond motifs is 1. The molecule has 144 valence electrons.